The molecule has 1 amide bonds. The Kier molecular flexibility index (Phi) is 3.43. The van der Waals surface area contributed by atoms with Crippen molar-refractivity contribution in [1.82, 2.24) is 10.3 Å². The zero-order valence-corrected chi connectivity index (χ0v) is 10.4. The predicted octanol–water partition coefficient (Wildman–Crippen LogP) is 1.66. The fourth-order valence-corrected chi connectivity index (χ4v) is 1.83. The molecule has 0 saturated carbocycles. The quantitative estimate of drug-likeness (QED) is 0.566. The Bertz CT molecular complexity index is 580. The molecule has 0 atom stereocenters. The van der Waals surface area contributed by atoms with Crippen molar-refractivity contribution in [3.63, 3.8) is 0 Å². The highest BCUT2D eigenvalue weighted by Gasteiger charge is 2.13. The molecule has 0 spiro atoms. The first-order valence-corrected chi connectivity index (χ1v) is 5.78. The smallest absolute Gasteiger partial charge is 0.253 e. The van der Waals surface area contributed by atoms with E-state index in [0.717, 1.165) is 10.8 Å². The minimum Gasteiger partial charge on any atom is -0.350 e. The molecule has 2 aromatic rings. The lowest BCUT2D eigenvalue weighted by atomic mass is 10.1. The summed E-state index contributed by atoms with van der Waals surface area (Å²) in [6.45, 7) is 3.84. The zero-order valence-electron chi connectivity index (χ0n) is 10.4. The molecule has 94 valence electrons. The van der Waals surface area contributed by atoms with Crippen LogP contribution in [0.4, 0.5) is 5.82 Å². The number of pyridine rings is 1. The summed E-state index contributed by atoms with van der Waals surface area (Å²) in [5.41, 5.74) is 3.09. The van der Waals surface area contributed by atoms with Crippen LogP contribution in [0.2, 0.25) is 0 Å². The highest BCUT2D eigenvalue weighted by atomic mass is 16.1. The Morgan fingerprint density at radius 1 is 1.28 bits per heavy atom. The van der Waals surface area contributed by atoms with E-state index in [4.69, 9.17) is 5.84 Å². The van der Waals surface area contributed by atoms with Gasteiger partial charge in [-0.05, 0) is 19.2 Å². The van der Waals surface area contributed by atoms with E-state index in [9.17, 15) is 4.79 Å². The van der Waals surface area contributed by atoms with Gasteiger partial charge in [-0.25, -0.2) is 10.8 Å². The SMILES string of the molecule is CC(C)NC(=O)c1cnc(NN)c2ccccc12. The predicted molar refractivity (Wildman–Crippen MR) is 72.2 cm³/mol. The minimum absolute atomic E-state index is 0.0866. The van der Waals surface area contributed by atoms with Gasteiger partial charge < -0.3 is 10.7 Å². The van der Waals surface area contributed by atoms with Gasteiger partial charge >= 0.3 is 0 Å². The van der Waals surface area contributed by atoms with Gasteiger partial charge in [0.2, 0.25) is 0 Å². The Balaban J connectivity index is 2.56. The standard InChI is InChI=1S/C13H16N4O/c1-8(2)16-13(18)11-7-15-12(17-14)10-6-4-3-5-9(10)11/h3-8H,14H2,1-2H3,(H,15,17)(H,16,18). The molecule has 0 fully saturated rings. The maximum absolute atomic E-state index is 12.1. The van der Waals surface area contributed by atoms with E-state index in [2.05, 4.69) is 15.7 Å². The molecule has 5 nitrogen and oxygen atoms in total. The molecule has 0 aliphatic rings. The monoisotopic (exact) mass is 244 g/mol. The van der Waals surface area contributed by atoms with Crippen molar-refractivity contribution in [3.05, 3.63) is 36.0 Å². The van der Waals surface area contributed by atoms with Crippen LogP contribution in [0.5, 0.6) is 0 Å². The van der Waals surface area contributed by atoms with Crippen LogP contribution < -0.4 is 16.6 Å². The number of amides is 1. The Morgan fingerprint density at radius 2 is 1.94 bits per heavy atom. The second kappa shape index (κ2) is 5.01. The van der Waals surface area contributed by atoms with Gasteiger partial charge in [0.25, 0.3) is 5.91 Å². The number of carbonyl (C=O) groups excluding carboxylic acids is 1. The van der Waals surface area contributed by atoms with E-state index in [1.54, 1.807) is 0 Å². The Labute approximate surface area is 105 Å². The van der Waals surface area contributed by atoms with E-state index in [0.29, 0.717) is 11.4 Å². The fraction of sp³-hybridized carbons (Fsp3) is 0.231. The minimum atomic E-state index is -0.128. The van der Waals surface area contributed by atoms with Crippen molar-refractivity contribution in [2.24, 2.45) is 5.84 Å². The first-order valence-electron chi connectivity index (χ1n) is 5.78. The number of nitrogens with two attached hydrogens (primary N) is 1. The normalized spacial score (nSPS) is 10.7. The number of rotatable bonds is 3. The molecule has 0 aliphatic heterocycles. The van der Waals surface area contributed by atoms with Gasteiger partial charge in [-0.2, -0.15) is 0 Å². The van der Waals surface area contributed by atoms with Gasteiger partial charge in [-0.3, -0.25) is 4.79 Å². The van der Waals surface area contributed by atoms with Crippen molar-refractivity contribution in [2.45, 2.75) is 19.9 Å². The van der Waals surface area contributed by atoms with E-state index >= 15 is 0 Å². The molecule has 0 radical (unpaired) electrons. The number of hydrogen-bond acceptors (Lipinski definition) is 4. The van der Waals surface area contributed by atoms with E-state index in [1.165, 1.54) is 6.20 Å². The van der Waals surface area contributed by atoms with E-state index in [-0.39, 0.29) is 11.9 Å². The largest absolute Gasteiger partial charge is 0.350 e. The lowest BCUT2D eigenvalue weighted by Gasteiger charge is -2.12. The number of hydrogen-bond donors (Lipinski definition) is 3. The van der Waals surface area contributed by atoms with Crippen LogP contribution in [0.3, 0.4) is 0 Å². The third kappa shape index (κ3) is 2.26. The third-order valence-electron chi connectivity index (χ3n) is 2.60. The molecule has 0 aliphatic carbocycles. The van der Waals surface area contributed by atoms with Crippen molar-refractivity contribution >= 4 is 22.5 Å². The summed E-state index contributed by atoms with van der Waals surface area (Å²) in [7, 11) is 0. The average molecular weight is 244 g/mol. The Morgan fingerprint density at radius 3 is 2.56 bits per heavy atom. The molecule has 1 heterocycles. The summed E-state index contributed by atoms with van der Waals surface area (Å²) < 4.78 is 0. The first-order chi connectivity index (χ1) is 8.63. The van der Waals surface area contributed by atoms with Crippen LogP contribution in [0.1, 0.15) is 24.2 Å². The number of fused-ring (bicyclic) bond motifs is 1. The molecule has 4 N–H and O–H groups in total. The second-order valence-electron chi connectivity index (χ2n) is 4.34. The number of anilines is 1. The lowest BCUT2D eigenvalue weighted by molar-refractivity contribution is 0.0944. The first kappa shape index (κ1) is 12.3. The molecule has 2 rings (SSSR count). The molecule has 1 aromatic carbocycles. The zero-order chi connectivity index (χ0) is 13.1. The summed E-state index contributed by atoms with van der Waals surface area (Å²) in [6, 6.07) is 7.61. The number of nitrogens with one attached hydrogen (secondary N) is 2. The van der Waals surface area contributed by atoms with E-state index < -0.39 is 0 Å². The number of carbonyl (C=O) groups is 1. The molecule has 5 heteroatoms. The molecule has 0 saturated heterocycles. The molecule has 0 bridgehead atoms. The van der Waals surface area contributed by atoms with Gasteiger partial charge in [0, 0.05) is 17.6 Å². The number of aromatic nitrogens is 1. The van der Waals surface area contributed by atoms with Crippen molar-refractivity contribution in [2.75, 3.05) is 5.43 Å². The molecular formula is C13H16N4O. The Hall–Kier alpha value is -2.14. The summed E-state index contributed by atoms with van der Waals surface area (Å²) >= 11 is 0. The number of benzene rings is 1. The summed E-state index contributed by atoms with van der Waals surface area (Å²) in [6.07, 6.45) is 1.54. The lowest BCUT2D eigenvalue weighted by Crippen LogP contribution is -2.30. The molecular weight excluding hydrogens is 228 g/mol. The fourth-order valence-electron chi connectivity index (χ4n) is 1.83. The third-order valence-corrected chi connectivity index (χ3v) is 2.60. The number of hydrazine groups is 1. The van der Waals surface area contributed by atoms with Crippen molar-refractivity contribution in [3.8, 4) is 0 Å². The molecule has 0 unspecified atom stereocenters. The van der Waals surface area contributed by atoms with Gasteiger partial charge in [0.15, 0.2) is 0 Å². The summed E-state index contributed by atoms with van der Waals surface area (Å²) in [5, 5.41) is 4.52. The van der Waals surface area contributed by atoms with Crippen LogP contribution in [0.25, 0.3) is 10.8 Å². The summed E-state index contributed by atoms with van der Waals surface area (Å²) in [4.78, 5) is 16.2. The second-order valence-corrected chi connectivity index (χ2v) is 4.34. The van der Waals surface area contributed by atoms with Crippen LogP contribution >= 0.6 is 0 Å². The number of nitrogens with zero attached hydrogens (tertiary/aromatic N) is 1. The maximum Gasteiger partial charge on any atom is 0.253 e. The average Bonchev–Trinajstić information content (AvgIpc) is 2.36. The van der Waals surface area contributed by atoms with Gasteiger partial charge in [-0.15, -0.1) is 0 Å². The summed E-state index contributed by atoms with van der Waals surface area (Å²) in [5.74, 6) is 5.84. The molecule has 18 heavy (non-hydrogen) atoms. The van der Waals surface area contributed by atoms with Crippen molar-refractivity contribution in [1.29, 1.82) is 0 Å². The van der Waals surface area contributed by atoms with Crippen molar-refractivity contribution < 1.29 is 4.79 Å². The van der Waals surface area contributed by atoms with Crippen LogP contribution in [-0.2, 0) is 0 Å². The van der Waals surface area contributed by atoms with Gasteiger partial charge in [0.05, 0.1) is 5.56 Å². The topological polar surface area (TPSA) is 80.0 Å². The van der Waals surface area contributed by atoms with Gasteiger partial charge in [-0.1, -0.05) is 24.3 Å². The number of nitrogen functional groups attached to an aromatic ring is 1. The highest BCUT2D eigenvalue weighted by molar-refractivity contribution is 6.09. The van der Waals surface area contributed by atoms with Crippen LogP contribution in [0, 0.1) is 0 Å². The van der Waals surface area contributed by atoms with Gasteiger partial charge in [0.1, 0.15) is 5.82 Å². The van der Waals surface area contributed by atoms with Crippen LogP contribution in [-0.4, -0.2) is 16.9 Å². The maximum atomic E-state index is 12.1. The van der Waals surface area contributed by atoms with E-state index in [1.807, 2.05) is 38.1 Å². The molecule has 1 aromatic heterocycles. The van der Waals surface area contributed by atoms with Crippen LogP contribution in [0.15, 0.2) is 30.5 Å². The highest BCUT2D eigenvalue weighted by Crippen LogP contribution is 2.23.